The van der Waals surface area contributed by atoms with E-state index < -0.39 is 6.10 Å². The van der Waals surface area contributed by atoms with Crippen LogP contribution in [0, 0.1) is 23.2 Å². The third-order valence-electron chi connectivity index (χ3n) is 10.0. The van der Waals surface area contributed by atoms with Crippen molar-refractivity contribution < 1.29 is 14.6 Å². The number of carbonyl (C=O) groups is 1. The molecule has 0 aromatic heterocycles. The molecule has 6 rings (SSSR count). The Morgan fingerprint density at radius 2 is 1.62 bits per heavy atom. The number of piperazine rings is 1. The molecule has 2 heterocycles. The molecule has 1 saturated carbocycles. The van der Waals surface area contributed by atoms with E-state index in [1.807, 2.05) is 0 Å². The fourth-order valence-electron chi connectivity index (χ4n) is 7.64. The first-order chi connectivity index (χ1) is 18.0. The van der Waals surface area contributed by atoms with Crippen molar-refractivity contribution in [3.05, 3.63) is 83.4 Å². The molecular formula is C32H40N2O3. The standard InChI is InChI=1S/C32H40N2O3/c1-22-10-9-15-25-20-27-28(30(35)32(22,25)2)26(31(36)37-27)21-33-16-18-34(19-17-33)29(23-11-5-3-6-12-23)24-13-7-4-8-14-24/h3-8,11-15,22,26-30,35H,9-10,16-21H2,1-2H3. The van der Waals surface area contributed by atoms with Crippen LogP contribution >= 0.6 is 0 Å². The highest BCUT2D eigenvalue weighted by Gasteiger charge is 2.59. The van der Waals surface area contributed by atoms with Crippen molar-refractivity contribution in [2.24, 2.45) is 23.2 Å². The van der Waals surface area contributed by atoms with Crippen molar-refractivity contribution in [3.8, 4) is 0 Å². The number of benzene rings is 2. The van der Waals surface area contributed by atoms with E-state index >= 15 is 0 Å². The summed E-state index contributed by atoms with van der Waals surface area (Å²) in [5.74, 6) is -0.0672. The molecule has 6 atom stereocenters. The third kappa shape index (κ3) is 4.35. The van der Waals surface area contributed by atoms with Gasteiger partial charge in [-0.2, -0.15) is 0 Å². The maximum atomic E-state index is 13.1. The molecule has 196 valence electrons. The molecular weight excluding hydrogens is 460 g/mol. The van der Waals surface area contributed by atoms with Crippen molar-refractivity contribution in [2.75, 3.05) is 32.7 Å². The minimum absolute atomic E-state index is 0.113. The van der Waals surface area contributed by atoms with E-state index in [0.717, 1.165) is 45.4 Å². The minimum atomic E-state index is -0.536. The van der Waals surface area contributed by atoms with Crippen LogP contribution in [0.15, 0.2) is 72.3 Å². The van der Waals surface area contributed by atoms with Crippen LogP contribution in [-0.2, 0) is 9.53 Å². The van der Waals surface area contributed by atoms with Crippen LogP contribution in [-0.4, -0.2) is 65.8 Å². The molecule has 2 saturated heterocycles. The lowest BCUT2D eigenvalue weighted by Crippen LogP contribution is -2.55. The van der Waals surface area contributed by atoms with E-state index in [1.54, 1.807) is 0 Å². The SMILES string of the molecule is CC1CCC=C2CC3OC(=O)C(CN4CCN(C(c5ccccc5)c5ccccc5)CC4)C3C(O)C21C. The third-order valence-corrected chi connectivity index (χ3v) is 10.0. The molecule has 2 aromatic rings. The number of aliphatic hydroxyl groups excluding tert-OH is 1. The summed E-state index contributed by atoms with van der Waals surface area (Å²) in [7, 11) is 0. The van der Waals surface area contributed by atoms with Gasteiger partial charge in [-0.05, 0) is 29.9 Å². The molecule has 5 nitrogen and oxygen atoms in total. The van der Waals surface area contributed by atoms with Gasteiger partial charge in [0.1, 0.15) is 6.10 Å². The molecule has 3 fully saturated rings. The second-order valence-corrected chi connectivity index (χ2v) is 11.9. The predicted molar refractivity (Wildman–Crippen MR) is 145 cm³/mol. The predicted octanol–water partition coefficient (Wildman–Crippen LogP) is 4.68. The quantitative estimate of drug-likeness (QED) is 0.477. The highest BCUT2D eigenvalue weighted by molar-refractivity contribution is 5.76. The Bertz CT molecular complexity index is 1090. The minimum Gasteiger partial charge on any atom is -0.461 e. The molecule has 0 bridgehead atoms. The number of allylic oxidation sites excluding steroid dienone is 1. The Kier molecular flexibility index (Phi) is 6.72. The number of fused-ring (bicyclic) bond motifs is 2. The van der Waals surface area contributed by atoms with Crippen LogP contribution in [0.2, 0.25) is 0 Å². The lowest BCUT2D eigenvalue weighted by molar-refractivity contribution is -0.145. The summed E-state index contributed by atoms with van der Waals surface area (Å²) in [6.07, 6.45) is 4.53. The molecule has 4 aliphatic rings. The molecule has 2 aromatic carbocycles. The van der Waals surface area contributed by atoms with Crippen molar-refractivity contribution in [1.82, 2.24) is 9.80 Å². The lowest BCUT2D eigenvalue weighted by atomic mass is 9.55. The van der Waals surface area contributed by atoms with Crippen molar-refractivity contribution in [2.45, 2.75) is 51.4 Å². The van der Waals surface area contributed by atoms with E-state index in [1.165, 1.54) is 16.7 Å². The molecule has 37 heavy (non-hydrogen) atoms. The van der Waals surface area contributed by atoms with E-state index in [2.05, 4.69) is 90.4 Å². The molecule has 0 radical (unpaired) electrons. The van der Waals surface area contributed by atoms with E-state index in [0.29, 0.717) is 12.5 Å². The van der Waals surface area contributed by atoms with Gasteiger partial charge < -0.3 is 9.84 Å². The van der Waals surface area contributed by atoms with Crippen molar-refractivity contribution >= 4 is 5.97 Å². The van der Waals surface area contributed by atoms with Gasteiger partial charge >= 0.3 is 5.97 Å². The number of hydrogen-bond acceptors (Lipinski definition) is 5. The van der Waals surface area contributed by atoms with Gasteiger partial charge in [0.05, 0.1) is 18.1 Å². The van der Waals surface area contributed by atoms with Crippen LogP contribution in [0.1, 0.15) is 50.3 Å². The topological polar surface area (TPSA) is 53.0 Å². The molecule has 1 N–H and O–H groups in total. The highest BCUT2D eigenvalue weighted by Crippen LogP contribution is 2.56. The molecule has 2 aliphatic heterocycles. The first kappa shape index (κ1) is 24.8. The smallest absolute Gasteiger partial charge is 0.311 e. The zero-order chi connectivity index (χ0) is 25.6. The van der Waals surface area contributed by atoms with Crippen LogP contribution in [0.3, 0.4) is 0 Å². The average Bonchev–Trinajstić information content (AvgIpc) is 3.23. The number of ether oxygens (including phenoxy) is 1. The zero-order valence-corrected chi connectivity index (χ0v) is 22.1. The van der Waals surface area contributed by atoms with Gasteiger partial charge in [0.15, 0.2) is 0 Å². The summed E-state index contributed by atoms with van der Waals surface area (Å²) in [5, 5.41) is 11.7. The number of aliphatic hydroxyl groups is 1. The van der Waals surface area contributed by atoms with Crippen LogP contribution in [0.4, 0.5) is 0 Å². The fourth-order valence-corrected chi connectivity index (χ4v) is 7.64. The number of nitrogens with zero attached hydrogens (tertiary/aromatic N) is 2. The summed E-state index contributed by atoms with van der Waals surface area (Å²) in [6.45, 7) is 8.85. The van der Waals surface area contributed by atoms with Crippen molar-refractivity contribution in [3.63, 3.8) is 0 Å². The maximum absolute atomic E-state index is 13.1. The van der Waals surface area contributed by atoms with Gasteiger partial charge in [-0.3, -0.25) is 14.6 Å². The van der Waals surface area contributed by atoms with Gasteiger partial charge in [-0.15, -0.1) is 0 Å². The Morgan fingerprint density at radius 1 is 1.00 bits per heavy atom. The molecule has 6 unspecified atom stereocenters. The van der Waals surface area contributed by atoms with E-state index in [4.69, 9.17) is 4.74 Å². The summed E-state index contributed by atoms with van der Waals surface area (Å²) >= 11 is 0. The summed E-state index contributed by atoms with van der Waals surface area (Å²) in [6, 6.07) is 21.7. The van der Waals surface area contributed by atoms with E-state index in [-0.39, 0.29) is 35.4 Å². The summed E-state index contributed by atoms with van der Waals surface area (Å²) in [5.41, 5.74) is 3.68. The molecule has 5 heteroatoms. The lowest BCUT2D eigenvalue weighted by Gasteiger charge is -2.52. The van der Waals surface area contributed by atoms with Gasteiger partial charge in [0.25, 0.3) is 0 Å². The second kappa shape index (κ2) is 10.0. The van der Waals surface area contributed by atoms with Gasteiger partial charge in [-0.25, -0.2) is 0 Å². The first-order valence-corrected chi connectivity index (χ1v) is 14.1. The largest absolute Gasteiger partial charge is 0.461 e. The monoisotopic (exact) mass is 500 g/mol. The van der Waals surface area contributed by atoms with Crippen LogP contribution in [0.25, 0.3) is 0 Å². The highest BCUT2D eigenvalue weighted by atomic mass is 16.6. The number of carbonyl (C=O) groups excluding carboxylic acids is 1. The normalized spacial score (nSPS) is 34.5. The first-order valence-electron chi connectivity index (χ1n) is 14.1. The van der Waals surface area contributed by atoms with Crippen LogP contribution < -0.4 is 0 Å². The number of rotatable bonds is 5. The maximum Gasteiger partial charge on any atom is 0.311 e. The zero-order valence-electron chi connectivity index (χ0n) is 22.1. The molecule has 0 spiro atoms. The average molecular weight is 501 g/mol. The second-order valence-electron chi connectivity index (χ2n) is 11.9. The Morgan fingerprint density at radius 3 is 2.24 bits per heavy atom. The van der Waals surface area contributed by atoms with Gasteiger partial charge in [0, 0.05) is 50.5 Å². The Balaban J connectivity index is 1.16. The van der Waals surface area contributed by atoms with E-state index in [9.17, 15) is 9.90 Å². The molecule has 2 aliphatic carbocycles. The van der Waals surface area contributed by atoms with Gasteiger partial charge in [0.2, 0.25) is 0 Å². The summed E-state index contributed by atoms with van der Waals surface area (Å²) < 4.78 is 5.92. The fraction of sp³-hybridized carbons (Fsp3) is 0.531. The van der Waals surface area contributed by atoms with Crippen LogP contribution in [0.5, 0.6) is 0 Å². The van der Waals surface area contributed by atoms with Gasteiger partial charge in [-0.1, -0.05) is 86.2 Å². The Hall–Kier alpha value is -2.47. The number of esters is 1. The molecule has 0 amide bonds. The number of hydrogen-bond donors (Lipinski definition) is 1. The Labute approximate surface area is 221 Å². The van der Waals surface area contributed by atoms with Crippen molar-refractivity contribution in [1.29, 1.82) is 0 Å². The summed E-state index contributed by atoms with van der Waals surface area (Å²) in [4.78, 5) is 18.1.